The molecule has 1 amide bonds. The van der Waals surface area contributed by atoms with Gasteiger partial charge < -0.3 is 10.2 Å². The third kappa shape index (κ3) is 1.83. The number of carbonyl (C=O) groups is 1. The first-order valence-electron chi connectivity index (χ1n) is 6.81. The Balaban J connectivity index is 1.84. The van der Waals surface area contributed by atoms with Gasteiger partial charge in [0.05, 0.1) is 5.41 Å². The zero-order valence-electron chi connectivity index (χ0n) is 10.9. The van der Waals surface area contributed by atoms with Gasteiger partial charge in [0.2, 0.25) is 5.91 Å². The van der Waals surface area contributed by atoms with Gasteiger partial charge in [-0.3, -0.25) is 4.79 Å². The van der Waals surface area contributed by atoms with Crippen molar-refractivity contribution in [2.75, 3.05) is 19.6 Å². The summed E-state index contributed by atoms with van der Waals surface area (Å²) in [7, 11) is 0. The van der Waals surface area contributed by atoms with E-state index in [4.69, 9.17) is 0 Å². The van der Waals surface area contributed by atoms with E-state index in [2.05, 4.69) is 29.3 Å². The first-order chi connectivity index (χ1) is 8.74. The van der Waals surface area contributed by atoms with Gasteiger partial charge in [0.15, 0.2) is 0 Å². The third-order valence-corrected chi connectivity index (χ3v) is 4.25. The molecule has 3 nitrogen and oxygen atoms in total. The Morgan fingerprint density at radius 2 is 2.06 bits per heavy atom. The third-order valence-electron chi connectivity index (χ3n) is 4.25. The van der Waals surface area contributed by atoms with Crippen molar-refractivity contribution in [3.63, 3.8) is 0 Å². The number of nitrogens with zero attached hydrogens (tertiary/aromatic N) is 1. The molecule has 0 radical (unpaired) electrons. The quantitative estimate of drug-likeness (QED) is 0.856. The molecule has 96 valence electrons. The molecule has 1 aliphatic carbocycles. The van der Waals surface area contributed by atoms with Gasteiger partial charge in [0, 0.05) is 25.7 Å². The second kappa shape index (κ2) is 4.39. The zero-order valence-corrected chi connectivity index (χ0v) is 10.9. The number of hydrogen-bond acceptors (Lipinski definition) is 2. The number of rotatable bonds is 2. The molecule has 1 atom stereocenters. The van der Waals surface area contributed by atoms with Crippen LogP contribution < -0.4 is 5.32 Å². The standard InChI is InChI=1S/C15H20N2O/c1-12-11-16-9-10-17(12)14(18)15(7-8-15)13-5-3-2-4-6-13/h2-6,12,16H,7-11H2,1H3. The number of benzene rings is 1. The summed E-state index contributed by atoms with van der Waals surface area (Å²) in [5.74, 6) is 0.336. The molecule has 1 aromatic carbocycles. The fourth-order valence-electron chi connectivity index (χ4n) is 2.93. The highest BCUT2D eigenvalue weighted by Gasteiger charge is 2.53. The Morgan fingerprint density at radius 3 is 2.67 bits per heavy atom. The predicted molar refractivity (Wildman–Crippen MR) is 71.4 cm³/mol. The van der Waals surface area contributed by atoms with E-state index in [-0.39, 0.29) is 5.41 Å². The van der Waals surface area contributed by atoms with Crippen molar-refractivity contribution < 1.29 is 4.79 Å². The predicted octanol–water partition coefficient (Wildman–Crippen LogP) is 1.54. The van der Waals surface area contributed by atoms with Crippen LogP contribution in [0.15, 0.2) is 30.3 Å². The summed E-state index contributed by atoms with van der Waals surface area (Å²) in [6.45, 7) is 4.80. The van der Waals surface area contributed by atoms with Crippen LogP contribution in [0, 0.1) is 0 Å². The lowest BCUT2D eigenvalue weighted by molar-refractivity contribution is -0.136. The van der Waals surface area contributed by atoms with Gasteiger partial charge >= 0.3 is 0 Å². The fourth-order valence-corrected chi connectivity index (χ4v) is 2.93. The molecule has 1 heterocycles. The number of nitrogens with one attached hydrogen (secondary N) is 1. The lowest BCUT2D eigenvalue weighted by Crippen LogP contribution is -2.54. The normalized spacial score (nSPS) is 25.8. The summed E-state index contributed by atoms with van der Waals surface area (Å²) in [5.41, 5.74) is 0.994. The topological polar surface area (TPSA) is 32.3 Å². The largest absolute Gasteiger partial charge is 0.337 e. The van der Waals surface area contributed by atoms with E-state index in [1.807, 2.05) is 18.2 Å². The summed E-state index contributed by atoms with van der Waals surface area (Å²) in [6, 6.07) is 10.6. The molecule has 1 aromatic rings. The van der Waals surface area contributed by atoms with Gasteiger partial charge in [0.1, 0.15) is 0 Å². The van der Waals surface area contributed by atoms with Crippen LogP contribution >= 0.6 is 0 Å². The minimum absolute atomic E-state index is 0.202. The van der Waals surface area contributed by atoms with E-state index < -0.39 is 0 Å². The first kappa shape index (κ1) is 11.7. The fraction of sp³-hybridized carbons (Fsp3) is 0.533. The molecular formula is C15H20N2O. The van der Waals surface area contributed by atoms with E-state index >= 15 is 0 Å². The number of piperazine rings is 1. The second-order valence-electron chi connectivity index (χ2n) is 5.50. The van der Waals surface area contributed by atoms with Crippen LogP contribution in [0.4, 0.5) is 0 Å². The van der Waals surface area contributed by atoms with Gasteiger partial charge in [0.25, 0.3) is 0 Å². The Kier molecular flexibility index (Phi) is 2.86. The van der Waals surface area contributed by atoms with Gasteiger partial charge in [-0.2, -0.15) is 0 Å². The van der Waals surface area contributed by atoms with Crippen molar-refractivity contribution in [2.24, 2.45) is 0 Å². The number of amides is 1. The van der Waals surface area contributed by atoms with E-state index in [1.165, 1.54) is 5.56 Å². The molecule has 1 N–H and O–H groups in total. The Hall–Kier alpha value is -1.35. The highest BCUT2D eigenvalue weighted by Crippen LogP contribution is 2.49. The number of carbonyl (C=O) groups excluding carboxylic acids is 1. The Morgan fingerprint density at radius 1 is 1.33 bits per heavy atom. The molecular weight excluding hydrogens is 224 g/mol. The molecule has 1 aliphatic heterocycles. The van der Waals surface area contributed by atoms with Gasteiger partial charge in [-0.05, 0) is 25.3 Å². The highest BCUT2D eigenvalue weighted by molar-refractivity contribution is 5.91. The maximum absolute atomic E-state index is 12.8. The smallest absolute Gasteiger partial charge is 0.233 e. The molecule has 2 fully saturated rings. The van der Waals surface area contributed by atoms with Crippen molar-refractivity contribution in [3.05, 3.63) is 35.9 Å². The van der Waals surface area contributed by atoms with Gasteiger partial charge in [-0.15, -0.1) is 0 Å². The van der Waals surface area contributed by atoms with Crippen LogP contribution in [0.1, 0.15) is 25.3 Å². The minimum Gasteiger partial charge on any atom is -0.337 e. The molecule has 1 unspecified atom stereocenters. The monoisotopic (exact) mass is 244 g/mol. The molecule has 1 saturated heterocycles. The minimum atomic E-state index is -0.202. The molecule has 0 aromatic heterocycles. The lowest BCUT2D eigenvalue weighted by Gasteiger charge is -2.36. The van der Waals surface area contributed by atoms with Crippen molar-refractivity contribution in [1.29, 1.82) is 0 Å². The molecule has 18 heavy (non-hydrogen) atoms. The van der Waals surface area contributed by atoms with Crippen molar-refractivity contribution in [2.45, 2.75) is 31.2 Å². The molecule has 1 saturated carbocycles. The van der Waals surface area contributed by atoms with Crippen LogP contribution in [0.3, 0.4) is 0 Å². The highest BCUT2D eigenvalue weighted by atomic mass is 16.2. The van der Waals surface area contributed by atoms with E-state index in [1.54, 1.807) is 0 Å². The van der Waals surface area contributed by atoms with Crippen molar-refractivity contribution in [3.8, 4) is 0 Å². The lowest BCUT2D eigenvalue weighted by atomic mass is 9.93. The Labute approximate surface area is 108 Å². The van der Waals surface area contributed by atoms with E-state index in [0.717, 1.165) is 32.5 Å². The van der Waals surface area contributed by atoms with Crippen LogP contribution in [-0.2, 0) is 10.2 Å². The zero-order chi connectivity index (χ0) is 12.6. The molecule has 3 rings (SSSR count). The molecule has 0 bridgehead atoms. The SMILES string of the molecule is CC1CNCCN1C(=O)C1(c2ccccc2)CC1. The average Bonchev–Trinajstić information content (AvgIpc) is 3.21. The summed E-state index contributed by atoms with van der Waals surface area (Å²) < 4.78 is 0. The average molecular weight is 244 g/mol. The summed E-state index contributed by atoms with van der Waals surface area (Å²) >= 11 is 0. The van der Waals surface area contributed by atoms with E-state index in [0.29, 0.717) is 11.9 Å². The van der Waals surface area contributed by atoms with Gasteiger partial charge in [-0.1, -0.05) is 30.3 Å². The van der Waals surface area contributed by atoms with Crippen molar-refractivity contribution >= 4 is 5.91 Å². The summed E-state index contributed by atoms with van der Waals surface area (Å²) in [5, 5.41) is 3.34. The maximum Gasteiger partial charge on any atom is 0.233 e. The summed E-state index contributed by atoms with van der Waals surface area (Å²) in [6.07, 6.45) is 2.01. The first-order valence-corrected chi connectivity index (χ1v) is 6.81. The molecule has 3 heteroatoms. The van der Waals surface area contributed by atoms with Crippen LogP contribution in [0.5, 0.6) is 0 Å². The van der Waals surface area contributed by atoms with Crippen LogP contribution in [0.2, 0.25) is 0 Å². The molecule has 2 aliphatic rings. The van der Waals surface area contributed by atoms with Crippen LogP contribution in [-0.4, -0.2) is 36.5 Å². The number of hydrogen-bond donors (Lipinski definition) is 1. The second-order valence-corrected chi connectivity index (χ2v) is 5.50. The van der Waals surface area contributed by atoms with Crippen LogP contribution in [0.25, 0.3) is 0 Å². The molecule has 0 spiro atoms. The van der Waals surface area contributed by atoms with E-state index in [9.17, 15) is 4.79 Å². The van der Waals surface area contributed by atoms with Crippen molar-refractivity contribution in [1.82, 2.24) is 10.2 Å². The maximum atomic E-state index is 12.8. The Bertz CT molecular complexity index is 439. The summed E-state index contributed by atoms with van der Waals surface area (Å²) in [4.78, 5) is 14.9. The van der Waals surface area contributed by atoms with Gasteiger partial charge in [-0.25, -0.2) is 0 Å².